The van der Waals surface area contributed by atoms with Gasteiger partial charge in [-0.15, -0.1) is 0 Å². The van der Waals surface area contributed by atoms with E-state index in [2.05, 4.69) is 9.72 Å². The molecule has 0 aliphatic rings. The van der Waals surface area contributed by atoms with Gasteiger partial charge in [-0.2, -0.15) is 0 Å². The molecule has 0 bridgehead atoms. The minimum Gasteiger partial charge on any atom is -0.469 e. The quantitative estimate of drug-likeness (QED) is 0.480. The molecule has 0 amide bonds. The van der Waals surface area contributed by atoms with Crippen LogP contribution in [0.4, 0.5) is 14.5 Å². The van der Waals surface area contributed by atoms with E-state index in [0.717, 1.165) is 7.11 Å². The van der Waals surface area contributed by atoms with Crippen molar-refractivity contribution >= 4 is 23.3 Å². The van der Waals surface area contributed by atoms with Gasteiger partial charge in [-0.05, 0) is 0 Å². The molecular weight excluding hydrogens is 274 g/mol. The van der Waals surface area contributed by atoms with E-state index < -0.39 is 40.0 Å². The second-order valence-electron chi connectivity index (χ2n) is 3.13. The second kappa shape index (κ2) is 5.67. The Bertz CT molecular complexity index is 496. The highest BCUT2D eigenvalue weighted by atomic mass is 35.5. The number of hydrogen-bond donors (Lipinski definition) is 0. The second-order valence-corrected chi connectivity index (χ2v) is 3.51. The van der Waals surface area contributed by atoms with Gasteiger partial charge < -0.3 is 4.74 Å². The van der Waals surface area contributed by atoms with Crippen molar-refractivity contribution in [1.29, 1.82) is 0 Å². The maximum atomic E-state index is 12.5. The molecule has 0 fully saturated rings. The number of aromatic nitrogens is 1. The molecule has 0 saturated heterocycles. The van der Waals surface area contributed by atoms with Crippen molar-refractivity contribution in [3.63, 3.8) is 0 Å². The molecule has 98 valence electrons. The molecule has 18 heavy (non-hydrogen) atoms. The van der Waals surface area contributed by atoms with E-state index in [9.17, 15) is 23.7 Å². The number of alkyl halides is 2. The third-order valence-electron chi connectivity index (χ3n) is 2.05. The summed E-state index contributed by atoms with van der Waals surface area (Å²) in [6, 6.07) is 0. The van der Waals surface area contributed by atoms with E-state index in [1.807, 2.05) is 0 Å². The van der Waals surface area contributed by atoms with Crippen LogP contribution in [0.2, 0.25) is 5.02 Å². The smallest absolute Gasteiger partial charge is 0.311 e. The number of hydrogen-bond acceptors (Lipinski definition) is 5. The van der Waals surface area contributed by atoms with Crippen LogP contribution < -0.4 is 0 Å². The zero-order valence-electron chi connectivity index (χ0n) is 9.02. The Morgan fingerprint density at radius 3 is 2.72 bits per heavy atom. The number of halogens is 3. The first-order valence-corrected chi connectivity index (χ1v) is 4.92. The fraction of sp³-hybridized carbons (Fsp3) is 0.333. The van der Waals surface area contributed by atoms with Crippen LogP contribution in [0.1, 0.15) is 17.7 Å². The normalized spacial score (nSPS) is 10.5. The lowest BCUT2D eigenvalue weighted by molar-refractivity contribution is -0.385. The van der Waals surface area contributed by atoms with Crippen LogP contribution >= 0.6 is 11.6 Å². The molecule has 9 heteroatoms. The van der Waals surface area contributed by atoms with Crippen LogP contribution in [-0.4, -0.2) is 23.0 Å². The standard InChI is InChI=1S/C9H7ClF2N2O4/c1-18-6(15)2-5-8(14(16)17)7(10)4(3-13-5)9(11)12/h3,9H,2H2,1H3. The van der Waals surface area contributed by atoms with Crippen molar-refractivity contribution in [3.05, 3.63) is 32.6 Å². The van der Waals surface area contributed by atoms with Crippen LogP contribution in [-0.2, 0) is 16.0 Å². The first kappa shape index (κ1) is 14.2. The summed E-state index contributed by atoms with van der Waals surface area (Å²) < 4.78 is 29.3. The summed E-state index contributed by atoms with van der Waals surface area (Å²) in [6.45, 7) is 0. The SMILES string of the molecule is COC(=O)Cc1ncc(C(F)F)c(Cl)c1[N+](=O)[O-]. The van der Waals surface area contributed by atoms with Crippen LogP contribution in [0.3, 0.4) is 0 Å². The molecule has 1 aromatic heterocycles. The highest BCUT2D eigenvalue weighted by Gasteiger charge is 2.28. The summed E-state index contributed by atoms with van der Waals surface area (Å²) in [5, 5.41) is 10.1. The molecule has 1 rings (SSSR count). The molecule has 0 unspecified atom stereocenters. The topological polar surface area (TPSA) is 82.3 Å². The molecule has 0 N–H and O–H groups in total. The monoisotopic (exact) mass is 280 g/mol. The number of ether oxygens (including phenoxy) is 1. The molecule has 0 radical (unpaired) electrons. The number of carbonyl (C=O) groups excluding carboxylic acids is 1. The number of nitro groups is 1. The number of methoxy groups -OCH3 is 1. The predicted molar refractivity (Wildman–Crippen MR) is 56.6 cm³/mol. The molecule has 0 aliphatic heterocycles. The average Bonchev–Trinajstić information content (AvgIpc) is 2.27. The van der Waals surface area contributed by atoms with Gasteiger partial charge in [-0.3, -0.25) is 19.9 Å². The van der Waals surface area contributed by atoms with Crippen molar-refractivity contribution in [3.8, 4) is 0 Å². The highest BCUT2D eigenvalue weighted by molar-refractivity contribution is 6.33. The van der Waals surface area contributed by atoms with Gasteiger partial charge in [0.2, 0.25) is 0 Å². The summed E-state index contributed by atoms with van der Waals surface area (Å²) in [4.78, 5) is 24.3. The lowest BCUT2D eigenvalue weighted by atomic mass is 10.2. The third kappa shape index (κ3) is 2.89. The van der Waals surface area contributed by atoms with E-state index in [0.29, 0.717) is 6.20 Å². The number of carbonyl (C=O) groups is 1. The van der Waals surface area contributed by atoms with Gasteiger partial charge in [0.25, 0.3) is 6.43 Å². The Hall–Kier alpha value is -1.83. The number of nitrogens with zero attached hydrogens (tertiary/aromatic N) is 2. The molecule has 1 aromatic rings. The first-order chi connectivity index (χ1) is 8.38. The van der Waals surface area contributed by atoms with Gasteiger partial charge in [0.1, 0.15) is 10.7 Å². The maximum absolute atomic E-state index is 12.5. The minimum absolute atomic E-state index is 0.318. The van der Waals surface area contributed by atoms with Gasteiger partial charge >= 0.3 is 11.7 Å². The summed E-state index contributed by atoms with van der Waals surface area (Å²) >= 11 is 5.52. The highest BCUT2D eigenvalue weighted by Crippen LogP contribution is 2.35. The Kier molecular flexibility index (Phi) is 4.49. The van der Waals surface area contributed by atoms with Crippen LogP contribution in [0, 0.1) is 10.1 Å². The Balaban J connectivity index is 3.32. The maximum Gasteiger partial charge on any atom is 0.311 e. The van der Waals surface area contributed by atoms with Gasteiger partial charge in [-0.25, -0.2) is 8.78 Å². The van der Waals surface area contributed by atoms with Gasteiger partial charge in [0, 0.05) is 6.20 Å². The van der Waals surface area contributed by atoms with Gasteiger partial charge in [0.05, 0.1) is 24.0 Å². The fourth-order valence-electron chi connectivity index (χ4n) is 1.20. The molecule has 1 heterocycles. The van der Waals surface area contributed by atoms with Gasteiger partial charge in [0.15, 0.2) is 0 Å². The lowest BCUT2D eigenvalue weighted by Gasteiger charge is -2.06. The van der Waals surface area contributed by atoms with Crippen molar-refractivity contribution in [2.24, 2.45) is 0 Å². The summed E-state index contributed by atoms with van der Waals surface area (Å²) in [5.74, 6) is -0.786. The molecule has 0 aliphatic carbocycles. The zero-order valence-corrected chi connectivity index (χ0v) is 9.78. The average molecular weight is 281 g/mol. The summed E-state index contributed by atoms with van der Waals surface area (Å²) in [7, 11) is 1.09. The molecule has 0 aromatic carbocycles. The fourth-order valence-corrected chi connectivity index (χ4v) is 1.51. The van der Waals surface area contributed by atoms with Crippen molar-refractivity contribution in [2.45, 2.75) is 12.8 Å². The summed E-state index contributed by atoms with van der Waals surface area (Å²) in [6.07, 6.45) is -2.80. The number of pyridine rings is 1. The number of rotatable bonds is 4. The van der Waals surface area contributed by atoms with Crippen molar-refractivity contribution in [1.82, 2.24) is 4.98 Å². The molecular formula is C9H7ClF2N2O4. The van der Waals surface area contributed by atoms with Crippen LogP contribution in [0.5, 0.6) is 0 Å². The van der Waals surface area contributed by atoms with Gasteiger partial charge in [-0.1, -0.05) is 11.6 Å². The van der Waals surface area contributed by atoms with E-state index in [1.165, 1.54) is 0 Å². The van der Waals surface area contributed by atoms with Crippen molar-refractivity contribution in [2.75, 3.05) is 7.11 Å². The summed E-state index contributed by atoms with van der Waals surface area (Å²) in [5.41, 5.74) is -1.88. The zero-order chi connectivity index (χ0) is 13.9. The van der Waals surface area contributed by atoms with Crippen molar-refractivity contribution < 1.29 is 23.2 Å². The van der Waals surface area contributed by atoms with E-state index in [1.54, 1.807) is 0 Å². The Labute approximate surface area is 105 Å². The molecule has 0 atom stereocenters. The van der Waals surface area contributed by atoms with Crippen LogP contribution in [0.15, 0.2) is 6.20 Å². The van der Waals surface area contributed by atoms with E-state index in [-0.39, 0.29) is 5.69 Å². The van der Waals surface area contributed by atoms with E-state index in [4.69, 9.17) is 11.6 Å². The lowest BCUT2D eigenvalue weighted by Crippen LogP contribution is -2.10. The largest absolute Gasteiger partial charge is 0.469 e. The molecule has 0 saturated carbocycles. The molecule has 6 nitrogen and oxygen atoms in total. The Morgan fingerprint density at radius 2 is 2.28 bits per heavy atom. The number of esters is 1. The molecule has 0 spiro atoms. The Morgan fingerprint density at radius 1 is 1.67 bits per heavy atom. The van der Waals surface area contributed by atoms with Crippen LogP contribution in [0.25, 0.3) is 0 Å². The third-order valence-corrected chi connectivity index (χ3v) is 2.45. The van der Waals surface area contributed by atoms with E-state index >= 15 is 0 Å². The minimum atomic E-state index is -2.99. The first-order valence-electron chi connectivity index (χ1n) is 4.55. The predicted octanol–water partition coefficient (Wildman–Crippen LogP) is 2.30.